The first-order valence-electron chi connectivity index (χ1n) is 7.48. The normalized spacial score (nSPS) is 12.4. The van der Waals surface area contributed by atoms with Crippen molar-refractivity contribution in [2.45, 2.75) is 19.3 Å². The predicted octanol–water partition coefficient (Wildman–Crippen LogP) is 1.97. The highest BCUT2D eigenvalue weighted by molar-refractivity contribution is 5.76. The van der Waals surface area contributed by atoms with Crippen molar-refractivity contribution in [3.63, 3.8) is 0 Å². The van der Waals surface area contributed by atoms with Crippen molar-refractivity contribution >= 4 is 10.9 Å². The van der Waals surface area contributed by atoms with Gasteiger partial charge in [-0.25, -0.2) is 4.98 Å². The Bertz CT molecular complexity index is 830. The van der Waals surface area contributed by atoms with Gasteiger partial charge in [-0.15, -0.1) is 0 Å². The minimum atomic E-state index is -0.764. The first-order valence-corrected chi connectivity index (χ1v) is 7.48. The van der Waals surface area contributed by atoms with Crippen LogP contribution >= 0.6 is 0 Å². The summed E-state index contributed by atoms with van der Waals surface area (Å²) in [4.78, 5) is 16.6. The molecular weight excluding hydrogens is 292 g/mol. The Kier molecular flexibility index (Phi) is 4.80. The number of aliphatic hydroxyl groups is 1. The SMILES string of the molecule is O=c1c2ccccc2ncn1C[C@@H](O)COCc1ccccc1. The maximum Gasteiger partial charge on any atom is 0.261 e. The highest BCUT2D eigenvalue weighted by atomic mass is 16.5. The minimum Gasteiger partial charge on any atom is -0.389 e. The molecule has 0 saturated carbocycles. The number of aromatic nitrogens is 2. The maximum atomic E-state index is 12.3. The number of nitrogens with zero attached hydrogens (tertiary/aromatic N) is 2. The van der Waals surface area contributed by atoms with E-state index in [1.807, 2.05) is 36.4 Å². The van der Waals surface area contributed by atoms with E-state index >= 15 is 0 Å². The third-order valence-corrected chi connectivity index (χ3v) is 3.56. The quantitative estimate of drug-likeness (QED) is 0.756. The van der Waals surface area contributed by atoms with Crippen LogP contribution in [0.25, 0.3) is 10.9 Å². The molecule has 2 aromatic carbocycles. The summed E-state index contributed by atoms with van der Waals surface area (Å²) in [5, 5.41) is 10.6. The van der Waals surface area contributed by atoms with Crippen molar-refractivity contribution in [1.29, 1.82) is 0 Å². The molecule has 118 valence electrons. The van der Waals surface area contributed by atoms with Crippen LogP contribution in [0.1, 0.15) is 5.56 Å². The zero-order valence-corrected chi connectivity index (χ0v) is 12.6. The summed E-state index contributed by atoms with van der Waals surface area (Å²) >= 11 is 0. The summed E-state index contributed by atoms with van der Waals surface area (Å²) in [5.74, 6) is 0. The molecule has 0 radical (unpaired) electrons. The van der Waals surface area contributed by atoms with Gasteiger partial charge in [0, 0.05) is 0 Å². The van der Waals surface area contributed by atoms with E-state index in [2.05, 4.69) is 4.98 Å². The molecule has 0 unspecified atom stereocenters. The molecule has 5 heteroatoms. The molecule has 0 spiro atoms. The lowest BCUT2D eigenvalue weighted by Gasteiger charge is -2.13. The van der Waals surface area contributed by atoms with Gasteiger partial charge in [0.2, 0.25) is 0 Å². The highest BCUT2D eigenvalue weighted by Crippen LogP contribution is 2.05. The second-order valence-electron chi connectivity index (χ2n) is 5.37. The molecule has 1 atom stereocenters. The molecule has 0 bridgehead atoms. The van der Waals surface area contributed by atoms with Crippen molar-refractivity contribution in [2.75, 3.05) is 6.61 Å². The molecule has 5 nitrogen and oxygen atoms in total. The van der Waals surface area contributed by atoms with Gasteiger partial charge in [0.1, 0.15) is 0 Å². The topological polar surface area (TPSA) is 64.4 Å². The van der Waals surface area contributed by atoms with Gasteiger partial charge < -0.3 is 9.84 Å². The smallest absolute Gasteiger partial charge is 0.261 e. The maximum absolute atomic E-state index is 12.3. The molecular formula is C18H18N2O3. The average Bonchev–Trinajstić information content (AvgIpc) is 2.59. The Morgan fingerprint density at radius 1 is 1.09 bits per heavy atom. The summed E-state index contributed by atoms with van der Waals surface area (Å²) in [7, 11) is 0. The first-order chi connectivity index (χ1) is 11.2. The number of para-hydroxylation sites is 1. The molecule has 0 aliphatic heterocycles. The lowest BCUT2D eigenvalue weighted by molar-refractivity contribution is 0.0198. The molecule has 0 aliphatic rings. The van der Waals surface area contributed by atoms with Gasteiger partial charge >= 0.3 is 0 Å². The van der Waals surface area contributed by atoms with Gasteiger partial charge in [-0.2, -0.15) is 0 Å². The number of benzene rings is 2. The van der Waals surface area contributed by atoms with E-state index in [1.165, 1.54) is 10.9 Å². The third-order valence-electron chi connectivity index (χ3n) is 3.56. The van der Waals surface area contributed by atoms with Crippen LogP contribution in [-0.2, 0) is 17.9 Å². The van der Waals surface area contributed by atoms with Gasteiger partial charge in [0.05, 0.1) is 43.1 Å². The lowest BCUT2D eigenvalue weighted by Crippen LogP contribution is -2.29. The monoisotopic (exact) mass is 310 g/mol. The molecule has 0 saturated heterocycles. The molecule has 3 rings (SSSR count). The summed E-state index contributed by atoms with van der Waals surface area (Å²) < 4.78 is 6.91. The number of ether oxygens (including phenoxy) is 1. The van der Waals surface area contributed by atoms with E-state index in [1.54, 1.807) is 18.2 Å². The molecule has 1 aromatic heterocycles. The molecule has 1 N–H and O–H groups in total. The van der Waals surface area contributed by atoms with Gasteiger partial charge in [-0.1, -0.05) is 42.5 Å². The van der Waals surface area contributed by atoms with Gasteiger partial charge in [0.25, 0.3) is 5.56 Å². The van der Waals surface area contributed by atoms with Crippen molar-refractivity contribution < 1.29 is 9.84 Å². The van der Waals surface area contributed by atoms with Crippen LogP contribution in [0.2, 0.25) is 0 Å². The molecule has 3 aromatic rings. The summed E-state index contributed by atoms with van der Waals surface area (Å²) in [6.45, 7) is 0.752. The Morgan fingerprint density at radius 2 is 1.83 bits per heavy atom. The molecule has 0 aliphatic carbocycles. The standard InChI is InChI=1S/C18H18N2O3/c21-15(12-23-11-14-6-2-1-3-7-14)10-20-13-19-17-9-5-4-8-16(17)18(20)22/h1-9,13,15,21H,10-12H2/t15-/m1/s1. The van der Waals surface area contributed by atoms with Crippen LogP contribution in [0.4, 0.5) is 0 Å². The number of hydrogen-bond donors (Lipinski definition) is 1. The summed E-state index contributed by atoms with van der Waals surface area (Å²) in [5.41, 5.74) is 1.55. The molecule has 23 heavy (non-hydrogen) atoms. The fraction of sp³-hybridized carbons (Fsp3) is 0.222. The Morgan fingerprint density at radius 3 is 2.65 bits per heavy atom. The van der Waals surface area contributed by atoms with E-state index in [4.69, 9.17) is 4.74 Å². The third kappa shape index (κ3) is 3.83. The van der Waals surface area contributed by atoms with Crippen molar-refractivity contribution in [1.82, 2.24) is 9.55 Å². The van der Waals surface area contributed by atoms with E-state index in [0.717, 1.165) is 5.56 Å². The van der Waals surface area contributed by atoms with E-state index in [-0.39, 0.29) is 18.7 Å². The molecule has 0 fully saturated rings. The lowest BCUT2D eigenvalue weighted by atomic mass is 10.2. The fourth-order valence-electron chi connectivity index (χ4n) is 2.40. The highest BCUT2D eigenvalue weighted by Gasteiger charge is 2.09. The van der Waals surface area contributed by atoms with Crippen LogP contribution in [0.3, 0.4) is 0 Å². The Hall–Kier alpha value is -2.50. The van der Waals surface area contributed by atoms with Crippen molar-refractivity contribution in [3.8, 4) is 0 Å². The van der Waals surface area contributed by atoms with Gasteiger partial charge in [-0.3, -0.25) is 9.36 Å². The van der Waals surface area contributed by atoms with Crippen LogP contribution < -0.4 is 5.56 Å². The number of rotatable bonds is 6. The Labute approximate surface area is 133 Å². The van der Waals surface area contributed by atoms with E-state index < -0.39 is 6.10 Å². The summed E-state index contributed by atoms with van der Waals surface area (Å²) in [6, 6.07) is 16.9. The largest absolute Gasteiger partial charge is 0.389 e. The van der Waals surface area contributed by atoms with Crippen LogP contribution in [0, 0.1) is 0 Å². The Balaban J connectivity index is 1.60. The van der Waals surface area contributed by atoms with Crippen LogP contribution in [-0.4, -0.2) is 27.4 Å². The molecule has 0 amide bonds. The van der Waals surface area contributed by atoms with E-state index in [9.17, 15) is 9.90 Å². The van der Waals surface area contributed by atoms with Crippen molar-refractivity contribution in [2.24, 2.45) is 0 Å². The first kappa shape index (κ1) is 15.4. The van der Waals surface area contributed by atoms with Crippen LogP contribution in [0.15, 0.2) is 65.7 Å². The zero-order valence-electron chi connectivity index (χ0n) is 12.6. The van der Waals surface area contributed by atoms with E-state index in [0.29, 0.717) is 17.5 Å². The number of hydrogen-bond acceptors (Lipinski definition) is 4. The van der Waals surface area contributed by atoms with Gasteiger partial charge in [-0.05, 0) is 17.7 Å². The average molecular weight is 310 g/mol. The van der Waals surface area contributed by atoms with Crippen LogP contribution in [0.5, 0.6) is 0 Å². The molecule has 1 heterocycles. The fourth-order valence-corrected chi connectivity index (χ4v) is 2.40. The number of fused-ring (bicyclic) bond motifs is 1. The second-order valence-corrected chi connectivity index (χ2v) is 5.37. The summed E-state index contributed by atoms with van der Waals surface area (Å²) in [6.07, 6.45) is 0.699. The number of aliphatic hydroxyl groups excluding tert-OH is 1. The van der Waals surface area contributed by atoms with Crippen molar-refractivity contribution in [3.05, 3.63) is 76.8 Å². The predicted molar refractivity (Wildman–Crippen MR) is 88.1 cm³/mol. The zero-order chi connectivity index (χ0) is 16.1. The van der Waals surface area contributed by atoms with Gasteiger partial charge in [0.15, 0.2) is 0 Å². The minimum absolute atomic E-state index is 0.155. The second kappa shape index (κ2) is 7.17.